The van der Waals surface area contributed by atoms with Gasteiger partial charge in [-0.1, -0.05) is 22.9 Å². The van der Waals surface area contributed by atoms with Crippen molar-refractivity contribution < 1.29 is 9.59 Å². The number of anilines is 2. The molecule has 5 nitrogen and oxygen atoms in total. The Hall–Kier alpha value is -1.56. The van der Waals surface area contributed by atoms with Gasteiger partial charge in [0.25, 0.3) is 0 Å². The second kappa shape index (κ2) is 7.00. The Morgan fingerprint density at radius 1 is 1.17 bits per heavy atom. The molecule has 3 amide bonds. The normalized spacial score (nSPS) is 11.5. The fourth-order valence-corrected chi connectivity index (χ4v) is 1.35. The first kappa shape index (κ1) is 14.5. The number of halogens is 1. The number of amides is 3. The van der Waals surface area contributed by atoms with Gasteiger partial charge in [0.2, 0.25) is 5.91 Å². The van der Waals surface area contributed by atoms with Crippen molar-refractivity contribution in [1.82, 2.24) is 5.32 Å². The number of hydrogen-bond acceptors (Lipinski definition) is 2. The predicted octanol–water partition coefficient (Wildman–Crippen LogP) is 2.55. The molecule has 0 saturated heterocycles. The Morgan fingerprint density at radius 3 is 2.11 bits per heavy atom. The minimum atomic E-state index is -0.279. The van der Waals surface area contributed by atoms with E-state index in [-0.39, 0.29) is 16.8 Å². The minimum Gasteiger partial charge on any atom is -0.341 e. The van der Waals surface area contributed by atoms with E-state index in [0.29, 0.717) is 11.4 Å². The van der Waals surface area contributed by atoms with Crippen LogP contribution in [0.2, 0.25) is 0 Å². The van der Waals surface area contributed by atoms with Gasteiger partial charge in [-0.3, -0.25) is 4.79 Å². The van der Waals surface area contributed by atoms with Crippen LogP contribution in [0.4, 0.5) is 16.2 Å². The first-order chi connectivity index (χ1) is 8.56. The molecule has 0 aliphatic rings. The van der Waals surface area contributed by atoms with Crippen LogP contribution < -0.4 is 16.0 Å². The van der Waals surface area contributed by atoms with Gasteiger partial charge in [0, 0.05) is 18.4 Å². The molecule has 0 bridgehead atoms. The minimum absolute atomic E-state index is 0.0792. The number of urea groups is 1. The summed E-state index contributed by atoms with van der Waals surface area (Å²) < 4.78 is 0. The molecule has 0 aliphatic heterocycles. The number of carbonyl (C=O) groups is 2. The quantitative estimate of drug-likeness (QED) is 0.748. The van der Waals surface area contributed by atoms with E-state index in [9.17, 15) is 9.59 Å². The van der Waals surface area contributed by atoms with Crippen molar-refractivity contribution in [3.63, 3.8) is 0 Å². The van der Waals surface area contributed by atoms with Gasteiger partial charge in [-0.25, -0.2) is 4.79 Å². The van der Waals surface area contributed by atoms with E-state index < -0.39 is 0 Å². The van der Waals surface area contributed by atoms with Crippen molar-refractivity contribution >= 4 is 39.2 Å². The third kappa shape index (κ3) is 4.37. The summed E-state index contributed by atoms with van der Waals surface area (Å²) in [5.41, 5.74) is 1.36. The second-order valence-electron chi connectivity index (χ2n) is 3.65. The molecule has 0 aliphatic carbocycles. The number of alkyl halides is 1. The number of carbonyl (C=O) groups excluding carboxylic acids is 2. The molecule has 6 heteroatoms. The van der Waals surface area contributed by atoms with Crippen molar-refractivity contribution in [3.05, 3.63) is 24.3 Å². The molecule has 1 aromatic rings. The topological polar surface area (TPSA) is 70.2 Å². The molecule has 0 heterocycles. The van der Waals surface area contributed by atoms with E-state index in [4.69, 9.17) is 0 Å². The van der Waals surface area contributed by atoms with Gasteiger partial charge in [0.1, 0.15) is 0 Å². The Kier molecular flexibility index (Phi) is 5.64. The third-order valence-electron chi connectivity index (χ3n) is 2.28. The first-order valence-corrected chi connectivity index (χ1v) is 6.52. The molecular weight excluding hydrogens is 298 g/mol. The summed E-state index contributed by atoms with van der Waals surface area (Å²) in [6.07, 6.45) is 0.724. The lowest BCUT2D eigenvalue weighted by atomic mass is 10.2. The standard InChI is InChI=1S/C12H16BrN3O2/c1-3-10(13)11(17)15-8-4-6-9(7-5-8)16-12(18)14-2/h4-7,10H,3H2,1-2H3,(H,15,17)(H2,14,16,18). The lowest BCUT2D eigenvalue weighted by Crippen LogP contribution is -2.24. The molecule has 1 atom stereocenters. The zero-order chi connectivity index (χ0) is 13.5. The Balaban J connectivity index is 2.60. The van der Waals surface area contributed by atoms with E-state index in [2.05, 4.69) is 31.9 Å². The molecule has 1 rings (SSSR count). The highest BCUT2D eigenvalue weighted by Gasteiger charge is 2.11. The van der Waals surface area contributed by atoms with E-state index in [1.807, 2.05) is 6.92 Å². The molecule has 3 N–H and O–H groups in total. The highest BCUT2D eigenvalue weighted by atomic mass is 79.9. The van der Waals surface area contributed by atoms with Crippen molar-refractivity contribution in [3.8, 4) is 0 Å². The monoisotopic (exact) mass is 313 g/mol. The van der Waals surface area contributed by atoms with Gasteiger partial charge in [-0.15, -0.1) is 0 Å². The fraction of sp³-hybridized carbons (Fsp3) is 0.333. The van der Waals surface area contributed by atoms with Gasteiger partial charge in [-0.2, -0.15) is 0 Å². The second-order valence-corrected chi connectivity index (χ2v) is 4.75. The van der Waals surface area contributed by atoms with Crippen LogP contribution in [0.1, 0.15) is 13.3 Å². The maximum Gasteiger partial charge on any atom is 0.318 e. The van der Waals surface area contributed by atoms with Crippen LogP contribution in [0, 0.1) is 0 Å². The van der Waals surface area contributed by atoms with Crippen LogP contribution in [-0.2, 0) is 4.79 Å². The molecule has 0 fully saturated rings. The van der Waals surface area contributed by atoms with E-state index in [1.165, 1.54) is 0 Å². The zero-order valence-corrected chi connectivity index (χ0v) is 11.9. The lowest BCUT2D eigenvalue weighted by molar-refractivity contribution is -0.115. The highest BCUT2D eigenvalue weighted by molar-refractivity contribution is 9.10. The summed E-state index contributed by atoms with van der Waals surface area (Å²) in [5.74, 6) is -0.0792. The fourth-order valence-electron chi connectivity index (χ4n) is 1.24. The van der Waals surface area contributed by atoms with Crippen molar-refractivity contribution in [1.29, 1.82) is 0 Å². The van der Waals surface area contributed by atoms with Crippen LogP contribution in [-0.4, -0.2) is 23.8 Å². The molecule has 18 heavy (non-hydrogen) atoms. The number of hydrogen-bond donors (Lipinski definition) is 3. The number of rotatable bonds is 4. The Morgan fingerprint density at radius 2 is 1.67 bits per heavy atom. The maximum absolute atomic E-state index is 11.6. The van der Waals surface area contributed by atoms with Gasteiger partial charge in [-0.05, 0) is 30.7 Å². The molecule has 0 radical (unpaired) electrons. The SMILES string of the molecule is CCC(Br)C(=O)Nc1ccc(NC(=O)NC)cc1. The summed E-state index contributed by atoms with van der Waals surface area (Å²) in [4.78, 5) is 22.5. The van der Waals surface area contributed by atoms with Crippen molar-refractivity contribution in [2.45, 2.75) is 18.2 Å². The van der Waals surface area contributed by atoms with Crippen LogP contribution in [0.3, 0.4) is 0 Å². The van der Waals surface area contributed by atoms with Crippen LogP contribution in [0.5, 0.6) is 0 Å². The maximum atomic E-state index is 11.6. The molecule has 0 spiro atoms. The number of benzene rings is 1. The molecule has 1 unspecified atom stereocenters. The summed E-state index contributed by atoms with van der Waals surface area (Å²) in [6.45, 7) is 1.93. The van der Waals surface area contributed by atoms with Gasteiger partial charge in [0.05, 0.1) is 4.83 Å². The van der Waals surface area contributed by atoms with Crippen LogP contribution >= 0.6 is 15.9 Å². The average Bonchev–Trinajstić information content (AvgIpc) is 2.39. The molecule has 98 valence electrons. The van der Waals surface area contributed by atoms with E-state index in [0.717, 1.165) is 6.42 Å². The molecule has 1 aromatic carbocycles. The zero-order valence-electron chi connectivity index (χ0n) is 10.3. The first-order valence-electron chi connectivity index (χ1n) is 5.60. The largest absolute Gasteiger partial charge is 0.341 e. The molecule has 0 aromatic heterocycles. The lowest BCUT2D eigenvalue weighted by Gasteiger charge is -2.09. The predicted molar refractivity (Wildman–Crippen MR) is 76.2 cm³/mol. The third-order valence-corrected chi connectivity index (χ3v) is 3.34. The van der Waals surface area contributed by atoms with Crippen LogP contribution in [0.25, 0.3) is 0 Å². The highest BCUT2D eigenvalue weighted by Crippen LogP contribution is 2.15. The summed E-state index contributed by atoms with van der Waals surface area (Å²) in [6, 6.07) is 6.63. The molecular formula is C12H16BrN3O2. The van der Waals surface area contributed by atoms with Crippen molar-refractivity contribution in [2.75, 3.05) is 17.7 Å². The molecule has 0 saturated carbocycles. The summed E-state index contributed by atoms with van der Waals surface area (Å²) >= 11 is 3.28. The van der Waals surface area contributed by atoms with Crippen molar-refractivity contribution in [2.24, 2.45) is 0 Å². The Bertz CT molecular complexity index is 420. The van der Waals surface area contributed by atoms with Crippen LogP contribution in [0.15, 0.2) is 24.3 Å². The van der Waals surface area contributed by atoms with Gasteiger partial charge < -0.3 is 16.0 Å². The summed E-state index contributed by atoms with van der Waals surface area (Å²) in [7, 11) is 1.55. The smallest absolute Gasteiger partial charge is 0.318 e. The van der Waals surface area contributed by atoms with Gasteiger partial charge in [0.15, 0.2) is 0 Å². The Labute approximate surface area is 114 Å². The number of nitrogens with one attached hydrogen (secondary N) is 3. The average molecular weight is 314 g/mol. The van der Waals surface area contributed by atoms with Gasteiger partial charge >= 0.3 is 6.03 Å². The van der Waals surface area contributed by atoms with E-state index >= 15 is 0 Å². The van der Waals surface area contributed by atoms with E-state index in [1.54, 1.807) is 31.3 Å². The summed E-state index contributed by atoms with van der Waals surface area (Å²) in [5, 5.41) is 7.86.